The molecule has 2 aromatic heterocycles. The maximum Gasteiger partial charge on any atom is 0.274 e. The van der Waals surface area contributed by atoms with Crippen LogP contribution in [0.1, 0.15) is 20.2 Å². The van der Waals surface area contributed by atoms with E-state index in [1.54, 1.807) is 29.0 Å². The van der Waals surface area contributed by atoms with Gasteiger partial charge in [0.15, 0.2) is 0 Å². The number of hydrogen-bond donors (Lipinski definition) is 0. The van der Waals surface area contributed by atoms with Gasteiger partial charge in [-0.3, -0.25) is 14.4 Å². The molecular formula is C21H22N4O3S. The molecule has 2 amide bonds. The van der Waals surface area contributed by atoms with Gasteiger partial charge in [0.1, 0.15) is 0 Å². The highest BCUT2D eigenvalue weighted by Gasteiger charge is 2.26. The fraction of sp³-hybridized carbons (Fsp3) is 0.333. The van der Waals surface area contributed by atoms with Gasteiger partial charge in [0.2, 0.25) is 5.91 Å². The lowest BCUT2D eigenvalue weighted by Gasteiger charge is -2.34. The SMILES string of the molecule is Cc1ccc(C(=O)N2CCN(C(=O)Cc3nn(C)c(=O)c4ccccc34)CC2)s1. The molecule has 0 spiro atoms. The average molecular weight is 410 g/mol. The molecule has 0 unspecified atom stereocenters. The summed E-state index contributed by atoms with van der Waals surface area (Å²) < 4.78 is 1.28. The van der Waals surface area contributed by atoms with E-state index in [2.05, 4.69) is 5.10 Å². The zero-order valence-corrected chi connectivity index (χ0v) is 17.2. The first kappa shape index (κ1) is 19.3. The Labute approximate surface area is 172 Å². The molecule has 0 atom stereocenters. The molecule has 3 heterocycles. The predicted molar refractivity (Wildman–Crippen MR) is 112 cm³/mol. The highest BCUT2D eigenvalue weighted by atomic mass is 32.1. The molecule has 0 bridgehead atoms. The molecule has 150 valence electrons. The number of nitrogens with zero attached hydrogens (tertiary/aromatic N) is 4. The number of amides is 2. The molecule has 1 aromatic carbocycles. The zero-order valence-electron chi connectivity index (χ0n) is 16.4. The van der Waals surface area contributed by atoms with Crippen molar-refractivity contribution in [3.8, 4) is 0 Å². The van der Waals surface area contributed by atoms with Crippen LogP contribution >= 0.6 is 11.3 Å². The summed E-state index contributed by atoms with van der Waals surface area (Å²) in [6.07, 6.45) is 0.132. The minimum atomic E-state index is -0.173. The van der Waals surface area contributed by atoms with E-state index in [0.717, 1.165) is 9.75 Å². The maximum absolute atomic E-state index is 12.9. The third kappa shape index (κ3) is 3.80. The van der Waals surface area contributed by atoms with E-state index in [-0.39, 0.29) is 23.8 Å². The third-order valence-corrected chi connectivity index (χ3v) is 6.21. The standard InChI is InChI=1S/C21H22N4O3S/c1-14-7-8-18(29-14)21(28)25-11-9-24(10-12-25)19(26)13-17-15-5-3-4-6-16(15)20(27)23(2)22-17/h3-8H,9-13H2,1-2H3. The molecule has 29 heavy (non-hydrogen) atoms. The number of carbonyl (C=O) groups excluding carboxylic acids is 2. The number of aryl methyl sites for hydroxylation is 2. The molecule has 1 saturated heterocycles. The summed E-state index contributed by atoms with van der Waals surface area (Å²) in [6, 6.07) is 11.0. The summed E-state index contributed by atoms with van der Waals surface area (Å²) >= 11 is 1.49. The number of fused-ring (bicyclic) bond motifs is 1. The number of piperazine rings is 1. The van der Waals surface area contributed by atoms with Crippen LogP contribution in [0.25, 0.3) is 10.8 Å². The second kappa shape index (κ2) is 7.79. The van der Waals surface area contributed by atoms with Gasteiger partial charge in [0.05, 0.1) is 22.4 Å². The molecule has 0 saturated carbocycles. The van der Waals surface area contributed by atoms with E-state index in [1.165, 1.54) is 16.0 Å². The van der Waals surface area contributed by atoms with E-state index in [9.17, 15) is 14.4 Å². The Morgan fingerprint density at radius 3 is 2.31 bits per heavy atom. The van der Waals surface area contributed by atoms with Gasteiger partial charge in [-0.05, 0) is 25.1 Å². The van der Waals surface area contributed by atoms with E-state index in [0.29, 0.717) is 42.6 Å². The molecule has 0 N–H and O–H groups in total. The summed E-state index contributed by atoms with van der Waals surface area (Å²) in [5, 5.41) is 5.59. The van der Waals surface area contributed by atoms with Crippen molar-refractivity contribution in [1.82, 2.24) is 19.6 Å². The van der Waals surface area contributed by atoms with Crippen molar-refractivity contribution in [3.05, 3.63) is 62.2 Å². The van der Waals surface area contributed by atoms with Gasteiger partial charge in [-0.2, -0.15) is 5.10 Å². The monoisotopic (exact) mass is 410 g/mol. The van der Waals surface area contributed by atoms with E-state index in [1.807, 2.05) is 31.2 Å². The number of aromatic nitrogens is 2. The zero-order chi connectivity index (χ0) is 20.5. The average Bonchev–Trinajstić information content (AvgIpc) is 3.17. The van der Waals surface area contributed by atoms with Crippen molar-refractivity contribution < 1.29 is 9.59 Å². The Kier molecular flexibility index (Phi) is 5.19. The Hall–Kier alpha value is -3.00. The van der Waals surface area contributed by atoms with Crippen LogP contribution < -0.4 is 5.56 Å². The van der Waals surface area contributed by atoms with Crippen LogP contribution in [0.15, 0.2) is 41.2 Å². The fourth-order valence-corrected chi connectivity index (χ4v) is 4.46. The maximum atomic E-state index is 12.9. The lowest BCUT2D eigenvalue weighted by atomic mass is 10.1. The highest BCUT2D eigenvalue weighted by molar-refractivity contribution is 7.13. The van der Waals surface area contributed by atoms with Crippen LogP contribution in [0.2, 0.25) is 0 Å². The van der Waals surface area contributed by atoms with Crippen LogP contribution in [-0.2, 0) is 18.3 Å². The van der Waals surface area contributed by atoms with Crippen molar-refractivity contribution in [2.24, 2.45) is 7.05 Å². The summed E-state index contributed by atoms with van der Waals surface area (Å²) in [5.74, 6) is -0.0127. The van der Waals surface area contributed by atoms with Gasteiger partial charge in [0, 0.05) is 43.5 Å². The molecule has 1 aliphatic heterocycles. The van der Waals surface area contributed by atoms with Crippen molar-refractivity contribution in [3.63, 3.8) is 0 Å². The minimum Gasteiger partial charge on any atom is -0.339 e. The fourth-order valence-electron chi connectivity index (χ4n) is 3.63. The van der Waals surface area contributed by atoms with Crippen LogP contribution in [0.3, 0.4) is 0 Å². The van der Waals surface area contributed by atoms with Gasteiger partial charge in [0.25, 0.3) is 11.5 Å². The largest absolute Gasteiger partial charge is 0.339 e. The first-order chi connectivity index (χ1) is 13.9. The Bertz CT molecular complexity index is 1140. The number of carbonyl (C=O) groups is 2. The van der Waals surface area contributed by atoms with Gasteiger partial charge in [-0.25, -0.2) is 4.68 Å². The van der Waals surface area contributed by atoms with Crippen molar-refractivity contribution in [2.45, 2.75) is 13.3 Å². The molecule has 3 aromatic rings. The summed E-state index contributed by atoms with van der Waals surface area (Å²) in [7, 11) is 1.60. The molecule has 0 radical (unpaired) electrons. The van der Waals surface area contributed by atoms with Crippen LogP contribution in [0, 0.1) is 6.92 Å². The molecular weight excluding hydrogens is 388 g/mol. The van der Waals surface area contributed by atoms with E-state index < -0.39 is 0 Å². The molecule has 7 nitrogen and oxygen atoms in total. The molecule has 0 aliphatic carbocycles. The normalized spacial score (nSPS) is 14.4. The van der Waals surface area contributed by atoms with Crippen molar-refractivity contribution in [1.29, 1.82) is 0 Å². The quantitative estimate of drug-likeness (QED) is 0.660. The summed E-state index contributed by atoms with van der Waals surface area (Å²) in [5.41, 5.74) is 0.424. The van der Waals surface area contributed by atoms with Crippen LogP contribution in [0.5, 0.6) is 0 Å². The molecule has 1 fully saturated rings. The molecule has 8 heteroatoms. The predicted octanol–water partition coefficient (Wildman–Crippen LogP) is 1.83. The second-order valence-electron chi connectivity index (χ2n) is 7.18. The number of thiophene rings is 1. The second-order valence-corrected chi connectivity index (χ2v) is 8.47. The van der Waals surface area contributed by atoms with E-state index in [4.69, 9.17) is 0 Å². The van der Waals surface area contributed by atoms with Crippen LogP contribution in [0.4, 0.5) is 0 Å². The first-order valence-electron chi connectivity index (χ1n) is 9.52. The Balaban J connectivity index is 1.45. The van der Waals surface area contributed by atoms with Crippen LogP contribution in [-0.4, -0.2) is 57.6 Å². The lowest BCUT2D eigenvalue weighted by molar-refractivity contribution is -0.132. The first-order valence-corrected chi connectivity index (χ1v) is 10.3. The Morgan fingerprint density at radius 1 is 1.00 bits per heavy atom. The van der Waals surface area contributed by atoms with Gasteiger partial charge in [-0.15, -0.1) is 11.3 Å². The highest BCUT2D eigenvalue weighted by Crippen LogP contribution is 2.19. The summed E-state index contributed by atoms with van der Waals surface area (Å²) in [6.45, 7) is 4.01. The third-order valence-electron chi connectivity index (χ3n) is 5.22. The van der Waals surface area contributed by atoms with Crippen molar-refractivity contribution >= 4 is 33.9 Å². The lowest BCUT2D eigenvalue weighted by Crippen LogP contribution is -2.51. The van der Waals surface area contributed by atoms with Gasteiger partial charge < -0.3 is 9.80 Å². The number of hydrogen-bond acceptors (Lipinski definition) is 5. The van der Waals surface area contributed by atoms with Crippen molar-refractivity contribution in [2.75, 3.05) is 26.2 Å². The topological polar surface area (TPSA) is 75.5 Å². The van der Waals surface area contributed by atoms with E-state index >= 15 is 0 Å². The number of rotatable bonds is 3. The van der Waals surface area contributed by atoms with Gasteiger partial charge >= 0.3 is 0 Å². The Morgan fingerprint density at radius 2 is 1.66 bits per heavy atom. The molecule has 1 aliphatic rings. The van der Waals surface area contributed by atoms with Gasteiger partial charge in [-0.1, -0.05) is 18.2 Å². The number of benzene rings is 1. The summed E-state index contributed by atoms with van der Waals surface area (Å²) in [4.78, 5) is 43.1. The minimum absolute atomic E-state index is 0.0286. The molecule has 4 rings (SSSR count). The smallest absolute Gasteiger partial charge is 0.274 e.